The van der Waals surface area contributed by atoms with Gasteiger partial charge in [0.15, 0.2) is 0 Å². The Morgan fingerprint density at radius 3 is 2.81 bits per heavy atom. The molecule has 4 heteroatoms. The molecule has 116 valence electrons. The van der Waals surface area contributed by atoms with E-state index in [1.54, 1.807) is 7.11 Å². The lowest BCUT2D eigenvalue weighted by Gasteiger charge is -2.14. The summed E-state index contributed by atoms with van der Waals surface area (Å²) < 4.78 is 7.54. The van der Waals surface area contributed by atoms with Gasteiger partial charge in [-0.25, -0.2) is 4.98 Å². The highest BCUT2D eigenvalue weighted by Crippen LogP contribution is 2.20. The third-order valence-corrected chi connectivity index (χ3v) is 4.18. The summed E-state index contributed by atoms with van der Waals surface area (Å²) in [7, 11) is 1.74. The van der Waals surface area contributed by atoms with Gasteiger partial charge in [-0.05, 0) is 37.4 Å². The number of hydrogen-bond donors (Lipinski definition) is 1. The van der Waals surface area contributed by atoms with Crippen molar-refractivity contribution >= 4 is 11.0 Å². The molecule has 1 aromatic carbocycles. The summed E-state index contributed by atoms with van der Waals surface area (Å²) in [5, 5.41) is 0. The van der Waals surface area contributed by atoms with Crippen molar-refractivity contribution < 1.29 is 4.74 Å². The van der Waals surface area contributed by atoms with Gasteiger partial charge in [0.25, 0.3) is 0 Å². The molecule has 2 aromatic rings. The van der Waals surface area contributed by atoms with E-state index < -0.39 is 0 Å². The molecule has 0 radical (unpaired) electrons. The maximum Gasteiger partial charge on any atom is 0.109 e. The highest BCUT2D eigenvalue weighted by atomic mass is 16.5. The van der Waals surface area contributed by atoms with Gasteiger partial charge in [0.1, 0.15) is 5.82 Å². The lowest BCUT2D eigenvalue weighted by Crippen LogP contribution is -2.12. The fraction of sp³-hybridized carbons (Fsp3) is 0.588. The van der Waals surface area contributed by atoms with Crippen LogP contribution in [-0.4, -0.2) is 29.8 Å². The topological polar surface area (TPSA) is 53.1 Å². The molecule has 2 N–H and O–H groups in total. The van der Waals surface area contributed by atoms with Crippen LogP contribution in [0, 0.1) is 5.92 Å². The average Bonchev–Trinajstić information content (AvgIpc) is 2.87. The van der Waals surface area contributed by atoms with Crippen LogP contribution < -0.4 is 5.73 Å². The molecule has 0 amide bonds. The van der Waals surface area contributed by atoms with Gasteiger partial charge in [0, 0.05) is 20.1 Å². The molecule has 0 bridgehead atoms. The van der Waals surface area contributed by atoms with Crippen LogP contribution in [0.4, 0.5) is 0 Å². The molecule has 0 aliphatic rings. The number of benzene rings is 1. The number of hydrogen-bond acceptors (Lipinski definition) is 3. The van der Waals surface area contributed by atoms with E-state index in [-0.39, 0.29) is 0 Å². The zero-order valence-corrected chi connectivity index (χ0v) is 13.2. The molecule has 0 saturated heterocycles. The van der Waals surface area contributed by atoms with Crippen LogP contribution in [0.25, 0.3) is 11.0 Å². The van der Waals surface area contributed by atoms with Crippen molar-refractivity contribution in [2.45, 2.75) is 39.2 Å². The summed E-state index contributed by atoms with van der Waals surface area (Å²) >= 11 is 0. The van der Waals surface area contributed by atoms with E-state index in [0.717, 1.165) is 37.9 Å². The Morgan fingerprint density at radius 2 is 2.10 bits per heavy atom. The second-order valence-corrected chi connectivity index (χ2v) is 5.55. The summed E-state index contributed by atoms with van der Waals surface area (Å²) in [5.74, 6) is 1.87. The summed E-state index contributed by atoms with van der Waals surface area (Å²) in [6.07, 6.45) is 4.46. The van der Waals surface area contributed by atoms with Gasteiger partial charge in [-0.3, -0.25) is 0 Å². The monoisotopic (exact) mass is 289 g/mol. The van der Waals surface area contributed by atoms with E-state index in [9.17, 15) is 0 Å². The van der Waals surface area contributed by atoms with Gasteiger partial charge in [-0.15, -0.1) is 0 Å². The standard InChI is InChI=1S/C17H27N3O/c1-3-14(10-11-18)8-9-17-19-15-6-4-5-7-16(15)20(17)12-13-21-2/h4-7,14H,3,8-13,18H2,1-2H3. The van der Waals surface area contributed by atoms with Crippen molar-refractivity contribution in [3.05, 3.63) is 30.1 Å². The van der Waals surface area contributed by atoms with Crippen molar-refractivity contribution in [3.63, 3.8) is 0 Å². The van der Waals surface area contributed by atoms with Gasteiger partial charge in [-0.1, -0.05) is 25.5 Å². The molecule has 4 nitrogen and oxygen atoms in total. The van der Waals surface area contributed by atoms with E-state index in [2.05, 4.69) is 29.7 Å². The average molecular weight is 289 g/mol. The first-order chi connectivity index (χ1) is 10.3. The van der Waals surface area contributed by atoms with E-state index in [4.69, 9.17) is 15.5 Å². The number of rotatable bonds is 9. The van der Waals surface area contributed by atoms with Crippen LogP contribution in [0.1, 0.15) is 32.0 Å². The molecule has 0 saturated carbocycles. The first-order valence-corrected chi connectivity index (χ1v) is 7.93. The van der Waals surface area contributed by atoms with Crippen LogP contribution in [0.3, 0.4) is 0 Å². The van der Waals surface area contributed by atoms with E-state index in [1.165, 1.54) is 17.8 Å². The van der Waals surface area contributed by atoms with Crippen LogP contribution >= 0.6 is 0 Å². The molecule has 2 rings (SSSR count). The Kier molecular flexibility index (Phi) is 6.21. The molecule has 0 aliphatic carbocycles. The zero-order valence-electron chi connectivity index (χ0n) is 13.2. The van der Waals surface area contributed by atoms with Crippen LogP contribution in [0.15, 0.2) is 24.3 Å². The Hall–Kier alpha value is -1.39. The zero-order chi connectivity index (χ0) is 15.1. The largest absolute Gasteiger partial charge is 0.383 e. The highest BCUT2D eigenvalue weighted by Gasteiger charge is 2.12. The number of nitrogens with zero attached hydrogens (tertiary/aromatic N) is 2. The van der Waals surface area contributed by atoms with Crippen molar-refractivity contribution in [2.24, 2.45) is 11.7 Å². The molecular formula is C17H27N3O. The summed E-state index contributed by atoms with van der Waals surface area (Å²) in [6.45, 7) is 4.60. The van der Waals surface area contributed by atoms with Crippen molar-refractivity contribution in [1.82, 2.24) is 9.55 Å². The number of ether oxygens (including phenoxy) is 1. The summed E-state index contributed by atoms with van der Waals surface area (Å²) in [6, 6.07) is 8.33. The van der Waals surface area contributed by atoms with Gasteiger partial charge in [0.05, 0.1) is 17.6 Å². The molecule has 0 fully saturated rings. The first kappa shape index (κ1) is 16.0. The summed E-state index contributed by atoms with van der Waals surface area (Å²) in [5.41, 5.74) is 7.98. The molecular weight excluding hydrogens is 262 g/mol. The Labute approximate surface area is 127 Å². The second kappa shape index (κ2) is 8.15. The third kappa shape index (κ3) is 4.05. The normalized spacial score (nSPS) is 12.9. The SMILES string of the molecule is CCC(CCN)CCc1nc2ccccc2n1CCOC. The number of para-hydroxylation sites is 2. The minimum atomic E-state index is 0.700. The minimum Gasteiger partial charge on any atom is -0.383 e. The van der Waals surface area contributed by atoms with E-state index in [1.807, 2.05) is 6.07 Å². The molecule has 1 aromatic heterocycles. The minimum absolute atomic E-state index is 0.700. The molecule has 1 heterocycles. The Morgan fingerprint density at radius 1 is 1.29 bits per heavy atom. The van der Waals surface area contributed by atoms with Gasteiger partial charge >= 0.3 is 0 Å². The number of aryl methyl sites for hydroxylation is 1. The van der Waals surface area contributed by atoms with Gasteiger partial charge in [-0.2, -0.15) is 0 Å². The van der Waals surface area contributed by atoms with Crippen molar-refractivity contribution in [1.29, 1.82) is 0 Å². The Bertz CT molecular complexity index is 550. The quantitative estimate of drug-likeness (QED) is 0.772. The van der Waals surface area contributed by atoms with E-state index in [0.29, 0.717) is 12.5 Å². The predicted molar refractivity (Wildman–Crippen MR) is 87.4 cm³/mol. The van der Waals surface area contributed by atoms with Crippen LogP contribution in [0.2, 0.25) is 0 Å². The van der Waals surface area contributed by atoms with Crippen LogP contribution in [-0.2, 0) is 17.7 Å². The van der Waals surface area contributed by atoms with Gasteiger partial charge < -0.3 is 15.0 Å². The van der Waals surface area contributed by atoms with Crippen molar-refractivity contribution in [3.8, 4) is 0 Å². The number of imidazole rings is 1. The maximum absolute atomic E-state index is 5.69. The highest BCUT2D eigenvalue weighted by molar-refractivity contribution is 5.75. The number of fused-ring (bicyclic) bond motifs is 1. The molecule has 1 atom stereocenters. The fourth-order valence-electron chi connectivity index (χ4n) is 2.87. The second-order valence-electron chi connectivity index (χ2n) is 5.55. The number of aromatic nitrogens is 2. The summed E-state index contributed by atoms with van der Waals surface area (Å²) in [4.78, 5) is 4.81. The molecule has 0 aliphatic heterocycles. The molecule has 0 spiro atoms. The predicted octanol–water partition coefficient (Wildman–Crippen LogP) is 2.99. The Balaban J connectivity index is 2.17. The van der Waals surface area contributed by atoms with Crippen molar-refractivity contribution in [2.75, 3.05) is 20.3 Å². The lowest BCUT2D eigenvalue weighted by atomic mass is 9.96. The lowest BCUT2D eigenvalue weighted by molar-refractivity contribution is 0.187. The maximum atomic E-state index is 5.69. The third-order valence-electron chi connectivity index (χ3n) is 4.18. The number of methoxy groups -OCH3 is 1. The smallest absolute Gasteiger partial charge is 0.109 e. The van der Waals surface area contributed by atoms with Gasteiger partial charge in [0.2, 0.25) is 0 Å². The fourth-order valence-corrected chi connectivity index (χ4v) is 2.87. The van der Waals surface area contributed by atoms with E-state index >= 15 is 0 Å². The first-order valence-electron chi connectivity index (χ1n) is 7.93. The van der Waals surface area contributed by atoms with Crippen LogP contribution in [0.5, 0.6) is 0 Å². The number of nitrogens with two attached hydrogens (primary N) is 1. The molecule has 1 unspecified atom stereocenters. The molecule has 21 heavy (non-hydrogen) atoms.